The lowest BCUT2D eigenvalue weighted by Crippen LogP contribution is -1.94. The van der Waals surface area contributed by atoms with E-state index >= 15 is 0 Å². The number of nitrogens with zero attached hydrogens (tertiary/aromatic N) is 2. The van der Waals surface area contributed by atoms with E-state index in [1.165, 1.54) is 18.5 Å². The molecule has 0 bridgehead atoms. The second kappa shape index (κ2) is 4.85. The highest BCUT2D eigenvalue weighted by Gasteiger charge is 2.09. The van der Waals surface area contributed by atoms with Gasteiger partial charge in [-0.05, 0) is 22.0 Å². The average Bonchev–Trinajstić information content (AvgIpc) is 2.29. The topological polar surface area (TPSA) is 61.0 Å². The van der Waals surface area contributed by atoms with Gasteiger partial charge in [-0.15, -0.1) is 0 Å². The molecule has 0 aliphatic carbocycles. The minimum absolute atomic E-state index is 0.00705. The lowest BCUT2D eigenvalue weighted by molar-refractivity contribution is 0.453. The zero-order valence-electron chi connectivity index (χ0n) is 8.32. The van der Waals surface area contributed by atoms with E-state index in [0.717, 1.165) is 6.07 Å². The summed E-state index contributed by atoms with van der Waals surface area (Å²) in [6.07, 6.45) is 2.68. The zero-order chi connectivity index (χ0) is 12.4. The SMILES string of the molecule is Nc1cnc(Oc2cc(F)c(Cl)cc2Br)cn1. The molecule has 0 aliphatic rings. The van der Waals surface area contributed by atoms with E-state index in [2.05, 4.69) is 25.9 Å². The Kier molecular flexibility index (Phi) is 3.44. The Balaban J connectivity index is 2.30. The van der Waals surface area contributed by atoms with E-state index in [-0.39, 0.29) is 22.5 Å². The molecule has 88 valence electrons. The van der Waals surface area contributed by atoms with E-state index in [1.54, 1.807) is 0 Å². The van der Waals surface area contributed by atoms with Crippen LogP contribution in [0, 0.1) is 5.82 Å². The lowest BCUT2D eigenvalue weighted by atomic mass is 10.3. The summed E-state index contributed by atoms with van der Waals surface area (Å²) in [5.74, 6) is 0.166. The summed E-state index contributed by atoms with van der Waals surface area (Å²) in [6.45, 7) is 0. The van der Waals surface area contributed by atoms with Crippen LogP contribution < -0.4 is 10.5 Å². The molecule has 0 radical (unpaired) electrons. The van der Waals surface area contributed by atoms with Gasteiger partial charge < -0.3 is 10.5 Å². The fraction of sp³-hybridized carbons (Fsp3) is 0. The van der Waals surface area contributed by atoms with Crippen LogP contribution in [0.5, 0.6) is 11.6 Å². The fourth-order valence-electron chi connectivity index (χ4n) is 1.07. The maximum Gasteiger partial charge on any atom is 0.238 e. The highest BCUT2D eigenvalue weighted by Crippen LogP contribution is 2.32. The molecule has 2 rings (SSSR count). The third kappa shape index (κ3) is 2.83. The van der Waals surface area contributed by atoms with Crippen LogP contribution >= 0.6 is 27.5 Å². The molecule has 4 nitrogen and oxygen atoms in total. The van der Waals surface area contributed by atoms with Crippen molar-refractivity contribution in [3.05, 3.63) is 39.8 Å². The first kappa shape index (κ1) is 12.1. The highest BCUT2D eigenvalue weighted by atomic mass is 79.9. The van der Waals surface area contributed by atoms with Crippen molar-refractivity contribution in [3.63, 3.8) is 0 Å². The maximum absolute atomic E-state index is 13.2. The molecule has 2 aromatic rings. The van der Waals surface area contributed by atoms with Crippen LogP contribution in [0.25, 0.3) is 0 Å². The second-order valence-corrected chi connectivity index (χ2v) is 4.34. The van der Waals surface area contributed by atoms with Gasteiger partial charge in [0.2, 0.25) is 5.88 Å². The molecule has 0 spiro atoms. The first-order valence-corrected chi connectivity index (χ1v) is 5.63. The minimum Gasteiger partial charge on any atom is -0.436 e. The summed E-state index contributed by atoms with van der Waals surface area (Å²) in [7, 11) is 0. The van der Waals surface area contributed by atoms with Crippen LogP contribution in [-0.2, 0) is 0 Å². The Labute approximate surface area is 110 Å². The number of hydrogen-bond donors (Lipinski definition) is 1. The van der Waals surface area contributed by atoms with Gasteiger partial charge in [0.1, 0.15) is 17.4 Å². The summed E-state index contributed by atoms with van der Waals surface area (Å²) in [4.78, 5) is 7.68. The Morgan fingerprint density at radius 3 is 2.71 bits per heavy atom. The number of anilines is 1. The monoisotopic (exact) mass is 317 g/mol. The molecule has 0 fully saturated rings. The third-order valence-corrected chi connectivity index (χ3v) is 2.75. The van der Waals surface area contributed by atoms with Crippen molar-refractivity contribution in [2.24, 2.45) is 0 Å². The summed E-state index contributed by atoms with van der Waals surface area (Å²) in [5, 5.41) is 0.00705. The van der Waals surface area contributed by atoms with Crippen molar-refractivity contribution < 1.29 is 9.13 Å². The quantitative estimate of drug-likeness (QED) is 0.862. The molecule has 0 amide bonds. The van der Waals surface area contributed by atoms with Crippen LogP contribution in [-0.4, -0.2) is 9.97 Å². The molecule has 2 N–H and O–H groups in total. The maximum atomic E-state index is 13.2. The molecule has 0 atom stereocenters. The summed E-state index contributed by atoms with van der Waals surface area (Å²) in [6, 6.07) is 2.56. The largest absolute Gasteiger partial charge is 0.436 e. The van der Waals surface area contributed by atoms with Crippen LogP contribution in [0.4, 0.5) is 10.2 Å². The number of benzene rings is 1. The number of aromatic nitrogens is 2. The van der Waals surface area contributed by atoms with Gasteiger partial charge in [-0.25, -0.2) is 14.4 Å². The van der Waals surface area contributed by atoms with Crippen LogP contribution in [0.2, 0.25) is 5.02 Å². The molecular weight excluding hydrogens is 312 g/mol. The van der Waals surface area contributed by atoms with Gasteiger partial charge in [0, 0.05) is 6.07 Å². The van der Waals surface area contributed by atoms with Crippen molar-refractivity contribution in [2.75, 3.05) is 5.73 Å². The van der Waals surface area contributed by atoms with Gasteiger partial charge in [-0.3, -0.25) is 0 Å². The van der Waals surface area contributed by atoms with Gasteiger partial charge in [0.15, 0.2) is 0 Å². The minimum atomic E-state index is -0.576. The molecular formula is C10H6BrClFN3O. The molecule has 0 unspecified atom stereocenters. The van der Waals surface area contributed by atoms with Crippen molar-refractivity contribution in [2.45, 2.75) is 0 Å². The third-order valence-electron chi connectivity index (χ3n) is 1.84. The van der Waals surface area contributed by atoms with Crippen molar-refractivity contribution in [1.82, 2.24) is 9.97 Å². The Bertz CT molecular complexity index is 550. The second-order valence-electron chi connectivity index (χ2n) is 3.08. The Morgan fingerprint density at radius 1 is 1.29 bits per heavy atom. The van der Waals surface area contributed by atoms with E-state index < -0.39 is 5.82 Å². The highest BCUT2D eigenvalue weighted by molar-refractivity contribution is 9.10. The Hall–Kier alpha value is -1.40. The molecule has 1 aromatic carbocycles. The van der Waals surface area contributed by atoms with Gasteiger partial charge in [-0.1, -0.05) is 11.6 Å². The fourth-order valence-corrected chi connectivity index (χ4v) is 1.79. The van der Waals surface area contributed by atoms with Crippen molar-refractivity contribution >= 4 is 33.3 Å². The predicted octanol–water partition coefficient (Wildman–Crippen LogP) is 3.41. The molecule has 0 aliphatic heterocycles. The van der Waals surface area contributed by atoms with E-state index in [1.807, 2.05) is 0 Å². The standard InChI is InChI=1S/C10H6BrClFN3O/c11-5-1-6(12)7(13)2-8(5)17-10-4-15-9(14)3-16-10/h1-4H,(H2,14,15). The summed E-state index contributed by atoms with van der Waals surface area (Å²) in [5.41, 5.74) is 5.38. The number of nitrogens with two attached hydrogens (primary N) is 1. The number of hydrogen-bond acceptors (Lipinski definition) is 4. The molecule has 1 heterocycles. The van der Waals surface area contributed by atoms with Crippen molar-refractivity contribution in [1.29, 1.82) is 0 Å². The molecule has 1 aromatic heterocycles. The van der Waals surface area contributed by atoms with Crippen molar-refractivity contribution in [3.8, 4) is 11.6 Å². The van der Waals surface area contributed by atoms with Crippen LogP contribution in [0.3, 0.4) is 0 Å². The summed E-state index contributed by atoms with van der Waals surface area (Å²) >= 11 is 8.81. The molecule has 0 saturated carbocycles. The van der Waals surface area contributed by atoms with Crippen LogP contribution in [0.15, 0.2) is 29.0 Å². The molecule has 0 saturated heterocycles. The number of nitrogen functional groups attached to an aromatic ring is 1. The van der Waals surface area contributed by atoms with Gasteiger partial charge >= 0.3 is 0 Å². The predicted molar refractivity (Wildman–Crippen MR) is 65.6 cm³/mol. The van der Waals surface area contributed by atoms with Gasteiger partial charge in [0.25, 0.3) is 0 Å². The lowest BCUT2D eigenvalue weighted by Gasteiger charge is -2.07. The summed E-state index contributed by atoms with van der Waals surface area (Å²) < 4.78 is 19.1. The first-order valence-electron chi connectivity index (χ1n) is 4.46. The molecule has 7 heteroatoms. The van der Waals surface area contributed by atoms with Gasteiger partial charge in [0.05, 0.1) is 21.9 Å². The zero-order valence-corrected chi connectivity index (χ0v) is 10.7. The van der Waals surface area contributed by atoms with Crippen LogP contribution in [0.1, 0.15) is 0 Å². The van der Waals surface area contributed by atoms with E-state index in [4.69, 9.17) is 22.1 Å². The normalized spacial score (nSPS) is 10.3. The number of ether oxygens (including phenoxy) is 1. The Morgan fingerprint density at radius 2 is 2.06 bits per heavy atom. The number of halogens is 3. The molecule has 17 heavy (non-hydrogen) atoms. The average molecular weight is 319 g/mol. The smallest absolute Gasteiger partial charge is 0.238 e. The number of rotatable bonds is 2. The van der Waals surface area contributed by atoms with Gasteiger partial charge in [-0.2, -0.15) is 0 Å². The first-order chi connectivity index (χ1) is 8.06. The van der Waals surface area contributed by atoms with E-state index in [9.17, 15) is 4.39 Å². The van der Waals surface area contributed by atoms with E-state index in [0.29, 0.717) is 4.47 Å².